The van der Waals surface area contributed by atoms with Crippen LogP contribution in [0.25, 0.3) is 0 Å². The van der Waals surface area contributed by atoms with Gasteiger partial charge in [0.05, 0.1) is 0 Å². The SMILES string of the molecule is Cc1ccc([C@@](O)(CCNC(=O)c2ccsc2)C(F)(F)F)o1. The van der Waals surface area contributed by atoms with Crippen LogP contribution in [0.2, 0.25) is 0 Å². The molecule has 0 aliphatic rings. The number of rotatable bonds is 5. The van der Waals surface area contributed by atoms with Crippen molar-refractivity contribution in [1.29, 1.82) is 0 Å². The number of hydrogen-bond acceptors (Lipinski definition) is 4. The van der Waals surface area contributed by atoms with E-state index in [2.05, 4.69) is 5.32 Å². The van der Waals surface area contributed by atoms with Crippen molar-refractivity contribution in [2.75, 3.05) is 6.54 Å². The van der Waals surface area contributed by atoms with Gasteiger partial charge in [-0.05, 0) is 30.5 Å². The molecule has 1 atom stereocenters. The Labute approximate surface area is 128 Å². The highest BCUT2D eigenvalue weighted by Gasteiger charge is 2.56. The number of aryl methyl sites for hydroxylation is 1. The molecule has 0 saturated heterocycles. The molecule has 0 fully saturated rings. The summed E-state index contributed by atoms with van der Waals surface area (Å²) in [6, 6.07) is 3.99. The second-order valence-corrected chi connectivity index (χ2v) is 5.57. The topological polar surface area (TPSA) is 62.5 Å². The summed E-state index contributed by atoms with van der Waals surface area (Å²) in [6.07, 6.45) is -5.65. The summed E-state index contributed by atoms with van der Waals surface area (Å²) in [5, 5.41) is 15.6. The van der Waals surface area contributed by atoms with Crippen LogP contribution < -0.4 is 5.32 Å². The second kappa shape index (κ2) is 6.13. The van der Waals surface area contributed by atoms with Crippen LogP contribution in [-0.2, 0) is 5.60 Å². The highest BCUT2D eigenvalue weighted by molar-refractivity contribution is 7.08. The largest absolute Gasteiger partial charge is 0.463 e. The van der Waals surface area contributed by atoms with Crippen molar-refractivity contribution in [3.05, 3.63) is 46.0 Å². The lowest BCUT2D eigenvalue weighted by Gasteiger charge is -2.28. The first-order chi connectivity index (χ1) is 10.2. The highest BCUT2D eigenvalue weighted by atomic mass is 32.1. The van der Waals surface area contributed by atoms with E-state index in [4.69, 9.17) is 4.42 Å². The molecule has 4 nitrogen and oxygen atoms in total. The Morgan fingerprint density at radius 1 is 1.36 bits per heavy atom. The number of alkyl halides is 3. The van der Waals surface area contributed by atoms with Gasteiger partial charge in [-0.3, -0.25) is 4.79 Å². The fourth-order valence-corrected chi connectivity index (χ4v) is 2.55. The fraction of sp³-hybridized carbons (Fsp3) is 0.357. The number of hydrogen-bond donors (Lipinski definition) is 2. The molecule has 2 aromatic heterocycles. The normalized spacial score (nSPS) is 14.6. The molecular weight excluding hydrogens is 319 g/mol. The van der Waals surface area contributed by atoms with Gasteiger partial charge in [-0.1, -0.05) is 0 Å². The van der Waals surface area contributed by atoms with Crippen molar-refractivity contribution >= 4 is 17.2 Å². The van der Waals surface area contributed by atoms with Gasteiger partial charge in [0, 0.05) is 23.9 Å². The van der Waals surface area contributed by atoms with Gasteiger partial charge in [0.15, 0.2) is 0 Å². The lowest BCUT2D eigenvalue weighted by molar-refractivity contribution is -0.274. The lowest BCUT2D eigenvalue weighted by atomic mass is 9.95. The molecule has 0 saturated carbocycles. The van der Waals surface area contributed by atoms with E-state index < -0.39 is 29.9 Å². The third kappa shape index (κ3) is 3.33. The number of aliphatic hydroxyl groups is 1. The number of carbonyl (C=O) groups excluding carboxylic acids is 1. The molecule has 2 rings (SSSR count). The quantitative estimate of drug-likeness (QED) is 0.883. The van der Waals surface area contributed by atoms with E-state index in [1.807, 2.05) is 0 Å². The molecule has 0 aliphatic carbocycles. The Morgan fingerprint density at radius 3 is 2.59 bits per heavy atom. The predicted molar refractivity (Wildman–Crippen MR) is 74.7 cm³/mol. The van der Waals surface area contributed by atoms with Gasteiger partial charge in [-0.2, -0.15) is 24.5 Å². The van der Waals surface area contributed by atoms with Gasteiger partial charge in [0.1, 0.15) is 11.5 Å². The van der Waals surface area contributed by atoms with E-state index >= 15 is 0 Å². The van der Waals surface area contributed by atoms with Gasteiger partial charge < -0.3 is 14.8 Å². The maximum absolute atomic E-state index is 13.2. The number of carbonyl (C=O) groups is 1. The van der Waals surface area contributed by atoms with Gasteiger partial charge in [-0.15, -0.1) is 0 Å². The van der Waals surface area contributed by atoms with Gasteiger partial charge in [-0.25, -0.2) is 0 Å². The van der Waals surface area contributed by atoms with Crippen LogP contribution in [0.4, 0.5) is 13.2 Å². The first-order valence-electron chi connectivity index (χ1n) is 6.40. The average molecular weight is 333 g/mol. The van der Waals surface area contributed by atoms with Crippen molar-refractivity contribution in [3.8, 4) is 0 Å². The van der Waals surface area contributed by atoms with E-state index in [0.717, 1.165) is 6.07 Å². The van der Waals surface area contributed by atoms with Crippen LogP contribution >= 0.6 is 11.3 Å². The fourth-order valence-electron chi connectivity index (χ4n) is 1.91. The van der Waals surface area contributed by atoms with E-state index in [0.29, 0.717) is 5.56 Å². The van der Waals surface area contributed by atoms with Crippen molar-refractivity contribution in [2.24, 2.45) is 0 Å². The Balaban J connectivity index is 2.07. The zero-order valence-corrected chi connectivity index (χ0v) is 12.4. The average Bonchev–Trinajstić information content (AvgIpc) is 3.07. The van der Waals surface area contributed by atoms with Crippen LogP contribution in [0.3, 0.4) is 0 Å². The minimum absolute atomic E-state index is 0.264. The molecule has 2 aromatic rings. The Morgan fingerprint density at radius 2 is 2.09 bits per heavy atom. The molecule has 0 aromatic carbocycles. The van der Waals surface area contributed by atoms with Crippen molar-refractivity contribution in [2.45, 2.75) is 25.1 Å². The molecule has 2 heterocycles. The standard InChI is InChI=1S/C14H14F3NO3S/c1-9-2-3-11(21-9)13(20,14(15,16)17)5-6-18-12(19)10-4-7-22-8-10/h2-4,7-8,20H,5-6H2,1H3,(H,18,19)/t13-/m0/s1. The number of halogens is 3. The van der Waals surface area contributed by atoms with Crippen LogP contribution in [0.15, 0.2) is 33.4 Å². The molecule has 0 radical (unpaired) electrons. The van der Waals surface area contributed by atoms with E-state index in [9.17, 15) is 23.1 Å². The van der Waals surface area contributed by atoms with Crippen LogP contribution in [-0.4, -0.2) is 23.7 Å². The molecule has 0 unspecified atom stereocenters. The summed E-state index contributed by atoms with van der Waals surface area (Å²) in [6.45, 7) is 1.14. The zero-order valence-electron chi connectivity index (χ0n) is 11.6. The molecule has 2 N–H and O–H groups in total. The number of nitrogens with one attached hydrogen (secondary N) is 1. The van der Waals surface area contributed by atoms with Crippen molar-refractivity contribution in [3.63, 3.8) is 0 Å². The minimum atomic E-state index is -4.91. The summed E-state index contributed by atoms with van der Waals surface area (Å²) in [5.74, 6) is -0.802. The van der Waals surface area contributed by atoms with Crippen LogP contribution in [0, 0.1) is 6.92 Å². The van der Waals surface area contributed by atoms with E-state index in [-0.39, 0.29) is 12.3 Å². The molecule has 1 amide bonds. The summed E-state index contributed by atoms with van der Waals surface area (Å²) >= 11 is 1.31. The Kier molecular flexibility index (Phi) is 4.62. The smallest absolute Gasteiger partial charge is 0.424 e. The Hall–Kier alpha value is -1.80. The van der Waals surface area contributed by atoms with Crippen LogP contribution in [0.5, 0.6) is 0 Å². The summed E-state index contributed by atoms with van der Waals surface area (Å²) < 4.78 is 44.5. The minimum Gasteiger partial charge on any atom is -0.463 e. The summed E-state index contributed by atoms with van der Waals surface area (Å²) in [4.78, 5) is 11.7. The first kappa shape index (κ1) is 16.6. The van der Waals surface area contributed by atoms with Gasteiger partial charge in [0.25, 0.3) is 5.91 Å². The Bertz CT molecular complexity index is 636. The highest BCUT2D eigenvalue weighted by Crippen LogP contribution is 2.42. The third-order valence-electron chi connectivity index (χ3n) is 3.17. The number of furan rings is 1. The monoisotopic (exact) mass is 333 g/mol. The predicted octanol–water partition coefficient (Wildman–Crippen LogP) is 3.22. The maximum Gasteiger partial charge on any atom is 0.424 e. The number of thiophene rings is 1. The molecular formula is C14H14F3NO3S. The molecule has 22 heavy (non-hydrogen) atoms. The molecule has 0 aliphatic heterocycles. The van der Waals surface area contributed by atoms with E-state index in [1.165, 1.54) is 24.3 Å². The molecule has 0 bridgehead atoms. The van der Waals surface area contributed by atoms with Crippen molar-refractivity contribution < 1.29 is 27.5 Å². The van der Waals surface area contributed by atoms with Crippen molar-refractivity contribution in [1.82, 2.24) is 5.32 Å². The molecule has 120 valence electrons. The zero-order chi connectivity index (χ0) is 16.4. The number of amides is 1. The van der Waals surface area contributed by atoms with E-state index in [1.54, 1.807) is 16.8 Å². The van der Waals surface area contributed by atoms with Crippen LogP contribution in [0.1, 0.15) is 28.3 Å². The third-order valence-corrected chi connectivity index (χ3v) is 3.86. The molecule has 8 heteroatoms. The van der Waals surface area contributed by atoms with Gasteiger partial charge in [0.2, 0.25) is 5.60 Å². The maximum atomic E-state index is 13.2. The van der Waals surface area contributed by atoms with Gasteiger partial charge >= 0.3 is 6.18 Å². The first-order valence-corrected chi connectivity index (χ1v) is 7.35. The lowest BCUT2D eigenvalue weighted by Crippen LogP contribution is -2.44. The summed E-state index contributed by atoms with van der Waals surface area (Å²) in [5.41, 5.74) is -2.77. The summed E-state index contributed by atoms with van der Waals surface area (Å²) in [7, 11) is 0. The molecule has 0 spiro atoms. The second-order valence-electron chi connectivity index (χ2n) is 4.79.